The summed E-state index contributed by atoms with van der Waals surface area (Å²) >= 11 is 1.45. The van der Waals surface area contributed by atoms with Gasteiger partial charge >= 0.3 is 0 Å². The lowest BCUT2D eigenvalue weighted by Crippen LogP contribution is -2.14. The maximum atomic E-state index is 11.8. The minimum atomic E-state index is -0.000869. The van der Waals surface area contributed by atoms with E-state index in [1.165, 1.54) is 17.3 Å². The lowest BCUT2D eigenvalue weighted by Gasteiger charge is -2.02. The maximum absolute atomic E-state index is 11.8. The first-order chi connectivity index (χ1) is 9.29. The molecule has 0 bridgehead atoms. The smallest absolute Gasteiger partial charge is 0.254 e. The number of aromatic amines is 1. The molecule has 0 atom stereocenters. The molecule has 0 fully saturated rings. The van der Waals surface area contributed by atoms with Crippen LogP contribution in [-0.2, 0) is 12.8 Å². The van der Waals surface area contributed by atoms with Crippen LogP contribution in [0.4, 0.5) is 0 Å². The molecule has 1 heterocycles. The van der Waals surface area contributed by atoms with Crippen LogP contribution in [0.3, 0.4) is 0 Å². The van der Waals surface area contributed by atoms with Gasteiger partial charge in [-0.05, 0) is 37.5 Å². The number of benzene rings is 1. The molecule has 0 aliphatic rings. The molecule has 1 aromatic carbocycles. The first kappa shape index (κ1) is 13.9. The molecule has 0 radical (unpaired) electrons. The lowest BCUT2D eigenvalue weighted by atomic mass is 10.1. The van der Waals surface area contributed by atoms with Gasteiger partial charge in [0.05, 0.1) is 0 Å². The first-order valence-corrected chi connectivity index (χ1v) is 7.68. The molecule has 1 N–H and O–H groups in total. The maximum Gasteiger partial charge on any atom is 0.254 e. The molecule has 2 aromatic rings. The highest BCUT2D eigenvalue weighted by atomic mass is 32.2. The van der Waals surface area contributed by atoms with E-state index < -0.39 is 0 Å². The average Bonchev–Trinajstić information content (AvgIpc) is 2.46. The highest BCUT2D eigenvalue weighted by Gasteiger charge is 2.02. The quantitative estimate of drug-likeness (QED) is 0.500. The molecule has 19 heavy (non-hydrogen) atoms. The second kappa shape index (κ2) is 7.14. The van der Waals surface area contributed by atoms with E-state index in [-0.39, 0.29) is 5.56 Å². The normalized spacial score (nSPS) is 10.6. The van der Waals surface area contributed by atoms with Gasteiger partial charge in [0.15, 0.2) is 5.16 Å². The van der Waals surface area contributed by atoms with Crippen molar-refractivity contribution in [2.75, 3.05) is 6.26 Å². The Morgan fingerprint density at radius 3 is 2.58 bits per heavy atom. The van der Waals surface area contributed by atoms with Gasteiger partial charge in [0.1, 0.15) is 0 Å². The molecule has 0 unspecified atom stereocenters. The van der Waals surface area contributed by atoms with Crippen LogP contribution in [0.2, 0.25) is 0 Å². The van der Waals surface area contributed by atoms with Crippen molar-refractivity contribution in [2.24, 2.45) is 0 Å². The molecule has 1 aromatic heterocycles. The minimum absolute atomic E-state index is 0.000869. The monoisotopic (exact) mass is 274 g/mol. The SMILES string of the molecule is CSc1ncc(CCCCc2ccccc2)c(=O)[nH]1. The van der Waals surface area contributed by atoms with Gasteiger partial charge in [-0.15, -0.1) is 0 Å². The van der Waals surface area contributed by atoms with Gasteiger partial charge < -0.3 is 4.98 Å². The van der Waals surface area contributed by atoms with E-state index in [9.17, 15) is 4.79 Å². The number of rotatable bonds is 6. The van der Waals surface area contributed by atoms with Crippen LogP contribution < -0.4 is 5.56 Å². The third-order valence-corrected chi connectivity index (χ3v) is 3.64. The molecule has 0 aliphatic carbocycles. The van der Waals surface area contributed by atoms with Crippen LogP contribution in [-0.4, -0.2) is 16.2 Å². The third kappa shape index (κ3) is 4.24. The number of aryl methyl sites for hydroxylation is 2. The molecule has 3 nitrogen and oxygen atoms in total. The lowest BCUT2D eigenvalue weighted by molar-refractivity contribution is 0.721. The Kier molecular flexibility index (Phi) is 5.21. The van der Waals surface area contributed by atoms with Crippen molar-refractivity contribution in [3.63, 3.8) is 0 Å². The highest BCUT2D eigenvalue weighted by Crippen LogP contribution is 2.08. The summed E-state index contributed by atoms with van der Waals surface area (Å²) in [6.45, 7) is 0. The number of H-pyrrole nitrogens is 1. The summed E-state index contributed by atoms with van der Waals surface area (Å²) in [6.07, 6.45) is 7.57. The van der Waals surface area contributed by atoms with Gasteiger partial charge in [-0.3, -0.25) is 4.79 Å². The summed E-state index contributed by atoms with van der Waals surface area (Å²) in [5.74, 6) is 0. The summed E-state index contributed by atoms with van der Waals surface area (Å²) in [5.41, 5.74) is 2.14. The molecule has 100 valence electrons. The molecule has 0 spiro atoms. The zero-order valence-corrected chi connectivity index (χ0v) is 11.9. The Morgan fingerprint density at radius 1 is 1.16 bits per heavy atom. The Hall–Kier alpha value is -1.55. The van der Waals surface area contributed by atoms with Gasteiger partial charge in [-0.1, -0.05) is 42.1 Å². The van der Waals surface area contributed by atoms with Crippen molar-refractivity contribution in [3.8, 4) is 0 Å². The fourth-order valence-electron chi connectivity index (χ4n) is 1.98. The van der Waals surface area contributed by atoms with E-state index in [4.69, 9.17) is 0 Å². The van der Waals surface area contributed by atoms with Crippen molar-refractivity contribution in [1.29, 1.82) is 0 Å². The van der Waals surface area contributed by atoms with Crippen LogP contribution in [0.25, 0.3) is 0 Å². The average molecular weight is 274 g/mol. The summed E-state index contributed by atoms with van der Waals surface area (Å²) in [5, 5.41) is 0.679. The van der Waals surface area contributed by atoms with E-state index in [1.54, 1.807) is 6.20 Å². The van der Waals surface area contributed by atoms with Crippen molar-refractivity contribution in [1.82, 2.24) is 9.97 Å². The molecule has 2 rings (SSSR count). The first-order valence-electron chi connectivity index (χ1n) is 6.45. The van der Waals surface area contributed by atoms with Crippen LogP contribution in [0, 0.1) is 0 Å². The van der Waals surface area contributed by atoms with Crippen molar-refractivity contribution in [2.45, 2.75) is 30.8 Å². The molecular weight excluding hydrogens is 256 g/mol. The van der Waals surface area contributed by atoms with Crippen molar-refractivity contribution >= 4 is 11.8 Å². The van der Waals surface area contributed by atoms with Gasteiger partial charge in [0.25, 0.3) is 5.56 Å². The molecule has 0 saturated carbocycles. The van der Waals surface area contributed by atoms with Crippen molar-refractivity contribution < 1.29 is 0 Å². The van der Waals surface area contributed by atoms with Gasteiger partial charge in [-0.25, -0.2) is 4.98 Å². The van der Waals surface area contributed by atoms with Crippen LogP contribution >= 0.6 is 11.8 Å². The van der Waals surface area contributed by atoms with Crippen molar-refractivity contribution in [3.05, 3.63) is 58.0 Å². The predicted molar refractivity (Wildman–Crippen MR) is 79.7 cm³/mol. The number of nitrogens with one attached hydrogen (secondary N) is 1. The zero-order valence-electron chi connectivity index (χ0n) is 11.1. The largest absolute Gasteiger partial charge is 0.301 e. The predicted octanol–water partition coefficient (Wildman–Crippen LogP) is 3.06. The second-order valence-electron chi connectivity index (χ2n) is 4.44. The van der Waals surface area contributed by atoms with Gasteiger partial charge in [0.2, 0.25) is 0 Å². The fourth-order valence-corrected chi connectivity index (χ4v) is 2.33. The Labute approximate surface area is 117 Å². The van der Waals surface area contributed by atoms with Crippen LogP contribution in [0.15, 0.2) is 46.5 Å². The fraction of sp³-hybridized carbons (Fsp3) is 0.333. The van der Waals surface area contributed by atoms with E-state index in [1.807, 2.05) is 12.3 Å². The number of aromatic nitrogens is 2. The molecule has 0 aliphatic heterocycles. The summed E-state index contributed by atoms with van der Waals surface area (Å²) < 4.78 is 0. The second-order valence-corrected chi connectivity index (χ2v) is 5.23. The summed E-state index contributed by atoms with van der Waals surface area (Å²) in [6, 6.07) is 10.4. The minimum Gasteiger partial charge on any atom is -0.301 e. The van der Waals surface area contributed by atoms with E-state index in [0.29, 0.717) is 5.16 Å². The highest BCUT2D eigenvalue weighted by molar-refractivity contribution is 7.98. The number of nitrogens with zero attached hydrogens (tertiary/aromatic N) is 1. The van der Waals surface area contributed by atoms with Gasteiger partial charge in [0, 0.05) is 11.8 Å². The topological polar surface area (TPSA) is 45.8 Å². The molecular formula is C15H18N2OS. The number of hydrogen-bond acceptors (Lipinski definition) is 3. The molecule has 4 heteroatoms. The van der Waals surface area contributed by atoms with Crippen LogP contribution in [0.1, 0.15) is 24.0 Å². The molecule has 0 amide bonds. The number of hydrogen-bond donors (Lipinski definition) is 1. The Bertz CT molecular complexity index is 566. The summed E-state index contributed by atoms with van der Waals surface area (Å²) in [7, 11) is 0. The standard InChI is InChI=1S/C15H18N2OS/c1-19-15-16-11-13(14(18)17-15)10-6-5-9-12-7-3-2-4-8-12/h2-4,7-8,11H,5-6,9-10H2,1H3,(H,16,17,18). The number of unbranched alkanes of at least 4 members (excludes halogenated alkanes) is 1. The van der Waals surface area contributed by atoms with E-state index in [0.717, 1.165) is 31.2 Å². The third-order valence-electron chi connectivity index (χ3n) is 3.05. The Morgan fingerprint density at radius 2 is 1.89 bits per heavy atom. The Balaban J connectivity index is 1.81. The molecule has 0 saturated heterocycles. The summed E-state index contributed by atoms with van der Waals surface area (Å²) in [4.78, 5) is 18.7. The van der Waals surface area contributed by atoms with E-state index in [2.05, 4.69) is 34.2 Å². The van der Waals surface area contributed by atoms with Crippen LogP contribution in [0.5, 0.6) is 0 Å². The zero-order chi connectivity index (χ0) is 13.5. The van der Waals surface area contributed by atoms with Gasteiger partial charge in [-0.2, -0.15) is 0 Å². The van der Waals surface area contributed by atoms with E-state index >= 15 is 0 Å². The number of thioether (sulfide) groups is 1.